The Morgan fingerprint density at radius 2 is 1.67 bits per heavy atom. The standard InChI is InChI=1S/C21H22F3NO5/c1-3-30-19(28)21(23,24)17(26)20(22,13-14-7-5-4-6-8-14)18(27)25-15-9-11-16(29-2)12-10-15/h4-12,17,26H,3,13H2,1-2H3,(H,25,27)/t17?,20-/m1/s1. The molecular formula is C21H22F3NO5. The number of aliphatic hydroxyl groups is 1. The molecule has 0 heterocycles. The quantitative estimate of drug-likeness (QED) is 0.603. The third-order valence-corrected chi connectivity index (χ3v) is 4.35. The molecule has 0 saturated carbocycles. The number of benzene rings is 2. The van der Waals surface area contributed by atoms with Crippen LogP contribution in [0.25, 0.3) is 0 Å². The van der Waals surface area contributed by atoms with Gasteiger partial charge in [-0.2, -0.15) is 8.78 Å². The number of anilines is 1. The van der Waals surface area contributed by atoms with E-state index in [2.05, 4.69) is 10.1 Å². The number of hydrogen-bond acceptors (Lipinski definition) is 5. The molecule has 0 aliphatic heterocycles. The molecule has 0 radical (unpaired) electrons. The first-order valence-corrected chi connectivity index (χ1v) is 9.06. The maximum Gasteiger partial charge on any atom is 0.380 e. The predicted octanol–water partition coefficient (Wildman–Crippen LogP) is 3.14. The summed E-state index contributed by atoms with van der Waals surface area (Å²) in [5.74, 6) is -7.85. The van der Waals surface area contributed by atoms with Crippen molar-refractivity contribution < 1.29 is 37.3 Å². The molecule has 0 aromatic heterocycles. The number of halogens is 3. The van der Waals surface area contributed by atoms with E-state index in [0.717, 1.165) is 0 Å². The number of esters is 1. The molecule has 162 valence electrons. The molecule has 9 heteroatoms. The third-order valence-electron chi connectivity index (χ3n) is 4.35. The Labute approximate surface area is 171 Å². The van der Waals surface area contributed by atoms with E-state index >= 15 is 4.39 Å². The smallest absolute Gasteiger partial charge is 0.380 e. The molecule has 2 aromatic carbocycles. The second-order valence-electron chi connectivity index (χ2n) is 6.45. The average molecular weight is 425 g/mol. The van der Waals surface area contributed by atoms with Crippen LogP contribution in [-0.2, 0) is 20.7 Å². The molecule has 0 fully saturated rings. The molecule has 30 heavy (non-hydrogen) atoms. The van der Waals surface area contributed by atoms with Crippen LogP contribution in [-0.4, -0.2) is 48.4 Å². The number of rotatable bonds is 9. The molecule has 6 nitrogen and oxygen atoms in total. The number of amides is 1. The molecular weight excluding hydrogens is 403 g/mol. The number of methoxy groups -OCH3 is 1. The van der Waals surface area contributed by atoms with Crippen LogP contribution in [0.5, 0.6) is 5.75 Å². The minimum Gasteiger partial charge on any atom is -0.497 e. The molecule has 1 unspecified atom stereocenters. The van der Waals surface area contributed by atoms with Crippen molar-refractivity contribution in [2.45, 2.75) is 31.0 Å². The molecule has 0 saturated heterocycles. The van der Waals surface area contributed by atoms with Gasteiger partial charge in [-0.3, -0.25) is 4.79 Å². The third kappa shape index (κ3) is 5.10. The summed E-state index contributed by atoms with van der Waals surface area (Å²) in [6.45, 7) is 0.876. The van der Waals surface area contributed by atoms with Crippen LogP contribution in [0, 0.1) is 0 Å². The van der Waals surface area contributed by atoms with E-state index < -0.39 is 42.6 Å². The van der Waals surface area contributed by atoms with Gasteiger partial charge in [-0.1, -0.05) is 30.3 Å². The largest absolute Gasteiger partial charge is 0.497 e. The van der Waals surface area contributed by atoms with Gasteiger partial charge in [-0.25, -0.2) is 9.18 Å². The Bertz CT molecular complexity index is 861. The summed E-state index contributed by atoms with van der Waals surface area (Å²) < 4.78 is 53.9. The van der Waals surface area contributed by atoms with Gasteiger partial charge in [0.25, 0.3) is 5.91 Å². The van der Waals surface area contributed by atoms with Gasteiger partial charge in [0.1, 0.15) is 5.75 Å². The Balaban J connectivity index is 2.38. The summed E-state index contributed by atoms with van der Waals surface area (Å²) >= 11 is 0. The molecule has 2 N–H and O–H groups in total. The van der Waals surface area contributed by atoms with Crippen molar-refractivity contribution in [3.8, 4) is 5.75 Å². The molecule has 2 atom stereocenters. The van der Waals surface area contributed by atoms with Gasteiger partial charge < -0.3 is 19.9 Å². The Morgan fingerprint density at radius 1 is 1.07 bits per heavy atom. The van der Waals surface area contributed by atoms with Crippen LogP contribution in [0.1, 0.15) is 12.5 Å². The predicted molar refractivity (Wildman–Crippen MR) is 103 cm³/mol. The van der Waals surface area contributed by atoms with E-state index in [1.54, 1.807) is 6.07 Å². The molecule has 0 bridgehead atoms. The van der Waals surface area contributed by atoms with Gasteiger partial charge in [-0.05, 0) is 36.8 Å². The molecule has 0 aliphatic carbocycles. The fraction of sp³-hybridized carbons (Fsp3) is 0.333. The minimum atomic E-state index is -4.66. The normalized spacial score (nSPS) is 14.3. The number of ether oxygens (including phenoxy) is 2. The number of nitrogens with one attached hydrogen (secondary N) is 1. The van der Waals surface area contributed by atoms with Gasteiger partial charge in [0.2, 0.25) is 5.67 Å². The summed E-state index contributed by atoms with van der Waals surface area (Å²) in [7, 11) is 1.42. The second-order valence-corrected chi connectivity index (χ2v) is 6.45. The second kappa shape index (κ2) is 9.62. The van der Waals surface area contributed by atoms with Crippen molar-refractivity contribution in [3.05, 3.63) is 60.2 Å². The zero-order chi connectivity index (χ0) is 22.4. The fourth-order valence-corrected chi connectivity index (χ4v) is 2.73. The van der Waals surface area contributed by atoms with E-state index in [1.807, 2.05) is 0 Å². The van der Waals surface area contributed by atoms with Crippen LogP contribution < -0.4 is 10.1 Å². The first-order valence-electron chi connectivity index (χ1n) is 9.06. The molecule has 0 aliphatic rings. The van der Waals surface area contributed by atoms with Crippen LogP contribution in [0.3, 0.4) is 0 Å². The first-order chi connectivity index (χ1) is 14.1. The topological polar surface area (TPSA) is 84.9 Å². The monoisotopic (exact) mass is 425 g/mol. The van der Waals surface area contributed by atoms with Crippen molar-refractivity contribution in [1.82, 2.24) is 0 Å². The lowest BCUT2D eigenvalue weighted by molar-refractivity contribution is -0.205. The van der Waals surface area contributed by atoms with Crippen molar-refractivity contribution in [3.63, 3.8) is 0 Å². The van der Waals surface area contributed by atoms with Crippen molar-refractivity contribution in [2.75, 3.05) is 19.0 Å². The van der Waals surface area contributed by atoms with Gasteiger partial charge in [0.15, 0.2) is 6.10 Å². The number of aliphatic hydroxyl groups excluding tert-OH is 1. The van der Waals surface area contributed by atoms with Gasteiger partial charge in [0, 0.05) is 12.1 Å². The highest BCUT2D eigenvalue weighted by Crippen LogP contribution is 2.35. The lowest BCUT2D eigenvalue weighted by Gasteiger charge is -2.33. The van der Waals surface area contributed by atoms with E-state index in [9.17, 15) is 23.5 Å². The minimum absolute atomic E-state index is 0.0857. The Morgan fingerprint density at radius 3 is 2.20 bits per heavy atom. The van der Waals surface area contributed by atoms with Crippen molar-refractivity contribution >= 4 is 17.6 Å². The average Bonchev–Trinajstić information content (AvgIpc) is 2.74. The van der Waals surface area contributed by atoms with Gasteiger partial charge >= 0.3 is 11.9 Å². The summed E-state index contributed by atoms with van der Waals surface area (Å²) in [6.07, 6.45) is -4.19. The number of carbonyl (C=O) groups excluding carboxylic acids is 2. The van der Waals surface area contributed by atoms with E-state index in [4.69, 9.17) is 4.74 Å². The van der Waals surface area contributed by atoms with Gasteiger partial charge in [0.05, 0.1) is 13.7 Å². The summed E-state index contributed by atoms with van der Waals surface area (Å²) in [6, 6.07) is 13.1. The number of carbonyl (C=O) groups is 2. The fourth-order valence-electron chi connectivity index (χ4n) is 2.73. The highest BCUT2D eigenvalue weighted by atomic mass is 19.3. The van der Waals surface area contributed by atoms with E-state index in [-0.39, 0.29) is 11.3 Å². The Hall–Kier alpha value is -3.07. The molecule has 0 spiro atoms. The van der Waals surface area contributed by atoms with Crippen molar-refractivity contribution in [2.24, 2.45) is 0 Å². The lowest BCUT2D eigenvalue weighted by atomic mass is 9.86. The van der Waals surface area contributed by atoms with E-state index in [1.165, 1.54) is 62.6 Å². The van der Waals surface area contributed by atoms with Crippen LogP contribution >= 0.6 is 0 Å². The molecule has 2 aromatic rings. The summed E-state index contributed by atoms with van der Waals surface area (Å²) in [5.41, 5.74) is -3.29. The maximum absolute atomic E-state index is 15.8. The van der Waals surface area contributed by atoms with Crippen molar-refractivity contribution in [1.29, 1.82) is 0 Å². The van der Waals surface area contributed by atoms with E-state index in [0.29, 0.717) is 5.75 Å². The highest BCUT2D eigenvalue weighted by molar-refractivity contribution is 5.99. The SMILES string of the molecule is CCOC(=O)C(F)(F)C(O)[C@](F)(Cc1ccccc1)C(=O)Nc1ccc(OC)cc1. The molecule has 2 rings (SSSR count). The number of hydrogen-bond donors (Lipinski definition) is 2. The summed E-state index contributed by atoms with van der Waals surface area (Å²) in [5, 5.41) is 12.3. The highest BCUT2D eigenvalue weighted by Gasteiger charge is 2.62. The summed E-state index contributed by atoms with van der Waals surface area (Å²) in [4.78, 5) is 24.3. The zero-order valence-electron chi connectivity index (χ0n) is 16.4. The van der Waals surface area contributed by atoms with Gasteiger partial charge in [-0.15, -0.1) is 0 Å². The maximum atomic E-state index is 15.8. The zero-order valence-corrected chi connectivity index (χ0v) is 16.4. The van der Waals surface area contributed by atoms with Crippen LogP contribution in [0.15, 0.2) is 54.6 Å². The van der Waals surface area contributed by atoms with Crippen LogP contribution in [0.2, 0.25) is 0 Å². The lowest BCUT2D eigenvalue weighted by Crippen LogP contribution is -2.60. The number of alkyl halides is 3. The van der Waals surface area contributed by atoms with Crippen LogP contribution in [0.4, 0.5) is 18.9 Å². The molecule has 1 amide bonds. The Kier molecular flexibility index (Phi) is 7.44. The first kappa shape index (κ1) is 23.2.